The Morgan fingerprint density at radius 2 is 1.13 bits per heavy atom. The quantitative estimate of drug-likeness (QED) is 0.233. The lowest BCUT2D eigenvalue weighted by atomic mass is 9.98. The van der Waals surface area contributed by atoms with Gasteiger partial charge in [-0.3, -0.25) is 0 Å². The Bertz CT molecular complexity index is 677. The van der Waals surface area contributed by atoms with Gasteiger partial charge >= 0.3 is 24.3 Å². The molecule has 14 nitrogen and oxygen atoms in total. The van der Waals surface area contributed by atoms with Crippen molar-refractivity contribution in [2.45, 2.75) is 85.7 Å². The normalized spacial score (nSPS) is 11.0. The first-order valence-electron chi connectivity index (χ1n) is 12.0. The van der Waals surface area contributed by atoms with Crippen LogP contribution in [0.2, 0.25) is 0 Å². The van der Waals surface area contributed by atoms with E-state index in [1.54, 1.807) is 41.5 Å². The molecular weight excluding hydrogens is 540 g/mol. The van der Waals surface area contributed by atoms with Gasteiger partial charge in [0, 0.05) is 26.2 Å². The number of amides is 2. The number of hydrogen-bond acceptors (Lipinski definition) is 11. The molecule has 0 aromatic carbocycles. The van der Waals surface area contributed by atoms with E-state index >= 15 is 0 Å². The number of alkyl carbamates (subject to hydrolysis) is 2. The number of aliphatic carboxylic acids is 1. The molecule has 0 radical (unpaired) electrons. The number of rotatable bonds is 11. The van der Waals surface area contributed by atoms with Crippen LogP contribution in [0.4, 0.5) is 9.59 Å². The predicted molar refractivity (Wildman–Crippen MR) is 145 cm³/mol. The van der Waals surface area contributed by atoms with Gasteiger partial charge < -0.3 is 46.2 Å². The van der Waals surface area contributed by atoms with E-state index in [2.05, 4.69) is 10.6 Å². The number of carboxylic acid groups (broad SMARTS) is 1. The highest BCUT2D eigenvalue weighted by Crippen LogP contribution is 2.14. The molecule has 0 fully saturated rings. The highest BCUT2D eigenvalue weighted by atomic mass is 35.5. The van der Waals surface area contributed by atoms with Crippen LogP contribution in [-0.4, -0.2) is 92.2 Å². The summed E-state index contributed by atoms with van der Waals surface area (Å²) in [4.78, 5) is 49.8. The minimum absolute atomic E-state index is 0. The SMILES string of the molecule is CC(C)(C)COC(CNC(=O)OC(C)(C)C)CNC(=O)OC(C)(C)C.Cl.NCC(CN)OCC(=O)O.O=C=O. The van der Waals surface area contributed by atoms with Crippen molar-refractivity contribution in [3.05, 3.63) is 0 Å². The number of carbonyl (C=O) groups excluding carboxylic acids is 4. The summed E-state index contributed by atoms with van der Waals surface area (Å²) >= 11 is 0. The number of nitrogens with one attached hydrogen (secondary N) is 2. The fourth-order valence-electron chi connectivity index (χ4n) is 2.00. The van der Waals surface area contributed by atoms with Gasteiger partial charge in [-0.25, -0.2) is 14.4 Å². The smallest absolute Gasteiger partial charge is 0.407 e. The first-order chi connectivity index (χ1) is 17.2. The number of carbonyl (C=O) groups is 3. The number of ether oxygens (including phenoxy) is 4. The second-order valence-electron chi connectivity index (χ2n) is 11.1. The van der Waals surface area contributed by atoms with Gasteiger partial charge in [-0.05, 0) is 47.0 Å². The van der Waals surface area contributed by atoms with E-state index < -0.39 is 29.4 Å². The summed E-state index contributed by atoms with van der Waals surface area (Å²) < 4.78 is 21.0. The molecule has 15 heteroatoms. The van der Waals surface area contributed by atoms with Crippen LogP contribution in [0.25, 0.3) is 0 Å². The Morgan fingerprint density at radius 1 is 0.769 bits per heavy atom. The monoisotopic (exact) mass is 588 g/mol. The molecule has 7 N–H and O–H groups in total. The molecule has 0 aromatic heterocycles. The molecule has 39 heavy (non-hydrogen) atoms. The average Bonchev–Trinajstić information content (AvgIpc) is 2.71. The number of hydrogen-bond donors (Lipinski definition) is 5. The Hall–Kier alpha value is -2.48. The van der Waals surface area contributed by atoms with Gasteiger partial charge in [0.25, 0.3) is 0 Å². The molecule has 0 aliphatic carbocycles. The van der Waals surface area contributed by atoms with Crippen LogP contribution < -0.4 is 22.1 Å². The van der Waals surface area contributed by atoms with Crippen LogP contribution in [0.15, 0.2) is 0 Å². The lowest BCUT2D eigenvalue weighted by molar-refractivity contribution is -0.191. The first kappa shape index (κ1) is 43.6. The van der Waals surface area contributed by atoms with E-state index in [0.29, 0.717) is 6.61 Å². The summed E-state index contributed by atoms with van der Waals surface area (Å²) in [5.41, 5.74) is 9.17. The molecule has 0 aliphatic heterocycles. The maximum Gasteiger partial charge on any atom is 0.407 e. The van der Waals surface area contributed by atoms with Gasteiger partial charge in [-0.2, -0.15) is 9.59 Å². The largest absolute Gasteiger partial charge is 0.480 e. The van der Waals surface area contributed by atoms with Gasteiger partial charge in [0.1, 0.15) is 17.8 Å². The highest BCUT2D eigenvalue weighted by molar-refractivity contribution is 5.85. The molecule has 0 unspecified atom stereocenters. The molecular formula is C24H49ClN4O10. The summed E-state index contributed by atoms with van der Waals surface area (Å²) in [6.07, 6.45) is -1.52. The van der Waals surface area contributed by atoms with Gasteiger partial charge in [-0.1, -0.05) is 20.8 Å². The summed E-state index contributed by atoms with van der Waals surface area (Å²) in [5.74, 6) is -1.01. The average molecular weight is 589 g/mol. The molecule has 0 saturated carbocycles. The predicted octanol–water partition coefficient (Wildman–Crippen LogP) is 1.68. The molecule has 0 saturated heterocycles. The van der Waals surface area contributed by atoms with Crippen molar-refractivity contribution in [3.63, 3.8) is 0 Å². The zero-order valence-corrected chi connectivity index (χ0v) is 25.4. The molecule has 0 rings (SSSR count). The van der Waals surface area contributed by atoms with E-state index in [4.69, 9.17) is 45.1 Å². The van der Waals surface area contributed by atoms with Crippen molar-refractivity contribution in [2.75, 3.05) is 39.4 Å². The standard InChI is InChI=1S/C18H36N2O5.C5H12N2O3.CO2.ClH/c1-16(2,3)12-23-13(10-19-14(21)24-17(4,5)6)11-20-15(22)25-18(7,8)9;6-1-4(2-7)10-3-5(8)9;2-1-3;/h13H,10-12H2,1-9H3,(H,19,21)(H,20,22);4H,1-3,6-7H2,(H,8,9);;1H. The summed E-state index contributed by atoms with van der Waals surface area (Å²) in [5, 5.41) is 13.5. The molecule has 0 heterocycles. The molecule has 0 spiro atoms. The molecule has 0 atom stereocenters. The Balaban J connectivity index is -0.000000364. The van der Waals surface area contributed by atoms with Crippen LogP contribution >= 0.6 is 12.4 Å². The molecule has 232 valence electrons. The fourth-order valence-corrected chi connectivity index (χ4v) is 2.00. The fraction of sp³-hybridized carbons (Fsp3) is 0.833. The maximum absolute atomic E-state index is 11.8. The van der Waals surface area contributed by atoms with E-state index in [1.807, 2.05) is 20.8 Å². The molecule has 0 aromatic rings. The van der Waals surface area contributed by atoms with Crippen molar-refractivity contribution < 1.29 is 48.0 Å². The minimum Gasteiger partial charge on any atom is -0.480 e. The van der Waals surface area contributed by atoms with Gasteiger partial charge in [0.05, 0.1) is 18.8 Å². The third-order valence-corrected chi connectivity index (χ3v) is 3.47. The summed E-state index contributed by atoms with van der Waals surface area (Å²) in [6.45, 7) is 18.0. The van der Waals surface area contributed by atoms with Gasteiger partial charge in [0.15, 0.2) is 0 Å². The lowest BCUT2D eigenvalue weighted by Crippen LogP contribution is -2.44. The summed E-state index contributed by atoms with van der Waals surface area (Å²) in [7, 11) is 0. The second kappa shape index (κ2) is 22.3. The third kappa shape index (κ3) is 37.7. The van der Waals surface area contributed by atoms with Crippen LogP contribution in [0, 0.1) is 5.41 Å². The third-order valence-electron chi connectivity index (χ3n) is 3.47. The molecule has 2 amide bonds. The number of carboxylic acids is 1. The Labute approximate surface area is 237 Å². The summed E-state index contributed by atoms with van der Waals surface area (Å²) in [6, 6.07) is 0. The topological polar surface area (TPSA) is 219 Å². The van der Waals surface area contributed by atoms with Crippen LogP contribution in [0.3, 0.4) is 0 Å². The van der Waals surface area contributed by atoms with Crippen molar-refractivity contribution in [1.29, 1.82) is 0 Å². The zero-order valence-electron chi connectivity index (χ0n) is 24.6. The highest BCUT2D eigenvalue weighted by Gasteiger charge is 2.22. The van der Waals surface area contributed by atoms with Crippen LogP contribution in [0.5, 0.6) is 0 Å². The van der Waals surface area contributed by atoms with Crippen molar-refractivity contribution in [1.82, 2.24) is 10.6 Å². The maximum atomic E-state index is 11.8. The van der Waals surface area contributed by atoms with Crippen molar-refractivity contribution >= 4 is 36.7 Å². The molecule has 0 aliphatic rings. The lowest BCUT2D eigenvalue weighted by Gasteiger charge is -2.26. The van der Waals surface area contributed by atoms with Crippen molar-refractivity contribution in [2.24, 2.45) is 16.9 Å². The zero-order chi connectivity index (χ0) is 30.6. The Kier molecular flexibility index (Phi) is 25.0. The van der Waals surface area contributed by atoms with Crippen LogP contribution in [-0.2, 0) is 33.3 Å². The van der Waals surface area contributed by atoms with E-state index in [9.17, 15) is 14.4 Å². The van der Waals surface area contributed by atoms with E-state index in [0.717, 1.165) is 0 Å². The van der Waals surface area contributed by atoms with E-state index in [1.165, 1.54) is 0 Å². The van der Waals surface area contributed by atoms with E-state index in [-0.39, 0.29) is 69.0 Å². The Morgan fingerprint density at radius 3 is 1.38 bits per heavy atom. The van der Waals surface area contributed by atoms with Crippen LogP contribution in [0.1, 0.15) is 62.3 Å². The van der Waals surface area contributed by atoms with Gasteiger partial charge in [0.2, 0.25) is 0 Å². The number of halogens is 1. The second-order valence-corrected chi connectivity index (χ2v) is 11.1. The van der Waals surface area contributed by atoms with Gasteiger partial charge in [-0.15, -0.1) is 12.4 Å². The van der Waals surface area contributed by atoms with Crippen molar-refractivity contribution in [3.8, 4) is 0 Å². The first-order valence-corrected chi connectivity index (χ1v) is 12.0. The molecule has 0 bridgehead atoms. The number of nitrogens with two attached hydrogens (primary N) is 2. The minimum atomic E-state index is -1.01.